The highest BCUT2D eigenvalue weighted by molar-refractivity contribution is 5.68. The molecule has 1 aliphatic rings. The first-order valence-corrected chi connectivity index (χ1v) is 5.61. The van der Waals surface area contributed by atoms with E-state index in [9.17, 15) is 19.4 Å². The van der Waals surface area contributed by atoms with E-state index >= 15 is 0 Å². The molecule has 3 heterocycles. The zero-order chi connectivity index (χ0) is 13.6. The van der Waals surface area contributed by atoms with Crippen LogP contribution in [0.15, 0.2) is 17.4 Å². The number of aromatic amines is 1. The molecule has 3 rings (SSSR count). The van der Waals surface area contributed by atoms with Crippen LogP contribution < -0.4 is 5.56 Å². The van der Waals surface area contributed by atoms with Gasteiger partial charge in [0.2, 0.25) is 0 Å². The number of rotatable bonds is 2. The molecule has 0 saturated carbocycles. The third kappa shape index (κ3) is 1.74. The number of aliphatic hydroxyl groups is 2. The minimum Gasteiger partial charge on any atom is -0.387 e. The molecule has 1 saturated heterocycles. The summed E-state index contributed by atoms with van der Waals surface area (Å²) < 4.78 is 19.1. The number of ether oxygens (including phenoxy) is 1. The Kier molecular flexibility index (Phi) is 2.81. The van der Waals surface area contributed by atoms with Gasteiger partial charge in [0.25, 0.3) is 5.56 Å². The van der Waals surface area contributed by atoms with Crippen molar-refractivity contribution in [1.29, 1.82) is 0 Å². The zero-order valence-electron chi connectivity index (χ0n) is 9.60. The number of H-pyrrole nitrogens is 1. The minimum absolute atomic E-state index is 0.0801. The van der Waals surface area contributed by atoms with Gasteiger partial charge in [-0.05, 0) is 0 Å². The molecule has 2 aromatic rings. The van der Waals surface area contributed by atoms with Gasteiger partial charge in [-0.2, -0.15) is 0 Å². The van der Waals surface area contributed by atoms with Crippen LogP contribution in [0.1, 0.15) is 6.23 Å². The smallest absolute Gasteiger partial charge is 0.278 e. The van der Waals surface area contributed by atoms with Crippen molar-refractivity contribution >= 4 is 11.2 Å². The second kappa shape index (κ2) is 4.37. The standard InChI is InChI=1S/C10H11FN4O4/c11-1-4-6(16)7(17)10(19-4)15-3-14-5-8(15)12-2-13-9(5)18/h2-4,6-7,10,16-17H,1H2,(H,12,13,18). The normalized spacial score (nSPS) is 31.1. The summed E-state index contributed by atoms with van der Waals surface area (Å²) in [6.45, 7) is -0.921. The molecule has 0 aromatic carbocycles. The summed E-state index contributed by atoms with van der Waals surface area (Å²) in [6.07, 6.45) is -2.36. The average molecular weight is 270 g/mol. The average Bonchev–Trinajstić information content (AvgIpc) is 2.94. The SMILES string of the molecule is O=c1[nH]cnc2c1ncn2C1OC(CF)C(O)C1O. The number of aliphatic hydroxyl groups excluding tert-OH is 2. The number of nitrogens with zero attached hydrogens (tertiary/aromatic N) is 3. The highest BCUT2D eigenvalue weighted by Crippen LogP contribution is 2.30. The molecule has 0 bridgehead atoms. The van der Waals surface area contributed by atoms with E-state index in [4.69, 9.17) is 4.74 Å². The Hall–Kier alpha value is -1.84. The fraction of sp³-hybridized carbons (Fsp3) is 0.500. The molecular formula is C10H11FN4O4. The van der Waals surface area contributed by atoms with Crippen molar-refractivity contribution in [3.63, 3.8) is 0 Å². The molecule has 0 amide bonds. The second-order valence-electron chi connectivity index (χ2n) is 4.26. The van der Waals surface area contributed by atoms with Crippen molar-refractivity contribution in [2.24, 2.45) is 0 Å². The van der Waals surface area contributed by atoms with Crippen LogP contribution in [0.3, 0.4) is 0 Å². The van der Waals surface area contributed by atoms with E-state index in [1.54, 1.807) is 0 Å². The van der Waals surface area contributed by atoms with Crippen LogP contribution in [0.2, 0.25) is 0 Å². The van der Waals surface area contributed by atoms with Crippen LogP contribution >= 0.6 is 0 Å². The first-order chi connectivity index (χ1) is 9.13. The van der Waals surface area contributed by atoms with E-state index in [-0.39, 0.29) is 11.2 Å². The highest BCUT2D eigenvalue weighted by Gasteiger charge is 2.44. The summed E-state index contributed by atoms with van der Waals surface area (Å²) in [7, 11) is 0. The van der Waals surface area contributed by atoms with E-state index in [2.05, 4.69) is 15.0 Å². The maximum atomic E-state index is 12.6. The predicted molar refractivity (Wildman–Crippen MR) is 60.0 cm³/mol. The first kappa shape index (κ1) is 12.2. The van der Waals surface area contributed by atoms with E-state index in [1.807, 2.05) is 0 Å². The first-order valence-electron chi connectivity index (χ1n) is 5.61. The Bertz CT molecular complexity index is 656. The molecule has 8 nitrogen and oxygen atoms in total. The quantitative estimate of drug-likeness (QED) is 0.625. The fourth-order valence-corrected chi connectivity index (χ4v) is 2.14. The Balaban J connectivity index is 2.06. The molecule has 4 unspecified atom stereocenters. The number of nitrogens with one attached hydrogen (secondary N) is 1. The molecule has 0 spiro atoms. The van der Waals surface area contributed by atoms with Crippen LogP contribution in [0.25, 0.3) is 11.2 Å². The number of halogens is 1. The third-order valence-electron chi connectivity index (χ3n) is 3.13. The van der Waals surface area contributed by atoms with Crippen LogP contribution in [-0.4, -0.2) is 54.7 Å². The van der Waals surface area contributed by atoms with Crippen LogP contribution in [0, 0.1) is 0 Å². The van der Waals surface area contributed by atoms with Crippen molar-refractivity contribution < 1.29 is 19.3 Å². The Morgan fingerprint density at radius 2 is 2.21 bits per heavy atom. The molecule has 0 radical (unpaired) electrons. The van der Waals surface area contributed by atoms with Crippen molar-refractivity contribution in [3.8, 4) is 0 Å². The summed E-state index contributed by atoms with van der Waals surface area (Å²) in [5, 5.41) is 19.5. The fourth-order valence-electron chi connectivity index (χ4n) is 2.14. The highest BCUT2D eigenvalue weighted by atomic mass is 19.1. The molecule has 9 heteroatoms. The Labute approximate surface area is 105 Å². The minimum atomic E-state index is -1.34. The van der Waals surface area contributed by atoms with Gasteiger partial charge in [-0.1, -0.05) is 0 Å². The maximum Gasteiger partial charge on any atom is 0.278 e. The monoisotopic (exact) mass is 270 g/mol. The molecule has 2 aromatic heterocycles. The lowest BCUT2D eigenvalue weighted by atomic mass is 10.1. The topological polar surface area (TPSA) is 113 Å². The third-order valence-corrected chi connectivity index (χ3v) is 3.13. The maximum absolute atomic E-state index is 12.6. The Morgan fingerprint density at radius 1 is 1.42 bits per heavy atom. The van der Waals surface area contributed by atoms with E-state index in [0.29, 0.717) is 0 Å². The van der Waals surface area contributed by atoms with Gasteiger partial charge >= 0.3 is 0 Å². The number of hydrogen-bond donors (Lipinski definition) is 3. The van der Waals surface area contributed by atoms with Crippen LogP contribution in [0.4, 0.5) is 4.39 Å². The predicted octanol–water partition coefficient (Wildman–Crippen LogP) is -1.29. The molecule has 102 valence electrons. The van der Waals surface area contributed by atoms with Gasteiger partial charge in [-0.15, -0.1) is 0 Å². The summed E-state index contributed by atoms with van der Waals surface area (Å²) in [4.78, 5) is 21.7. The number of alkyl halides is 1. The van der Waals surface area contributed by atoms with Crippen molar-refractivity contribution in [1.82, 2.24) is 19.5 Å². The van der Waals surface area contributed by atoms with Gasteiger partial charge in [0.05, 0.1) is 12.7 Å². The van der Waals surface area contributed by atoms with Gasteiger partial charge in [0.15, 0.2) is 17.4 Å². The lowest BCUT2D eigenvalue weighted by Gasteiger charge is -2.16. The summed E-state index contributed by atoms with van der Waals surface area (Å²) in [6, 6.07) is 0. The largest absolute Gasteiger partial charge is 0.387 e. The van der Waals surface area contributed by atoms with E-state index < -0.39 is 36.8 Å². The van der Waals surface area contributed by atoms with Crippen molar-refractivity contribution in [2.75, 3.05) is 6.67 Å². The molecule has 1 fully saturated rings. The van der Waals surface area contributed by atoms with Crippen molar-refractivity contribution in [3.05, 3.63) is 23.0 Å². The van der Waals surface area contributed by atoms with Crippen LogP contribution in [0.5, 0.6) is 0 Å². The van der Waals surface area contributed by atoms with Gasteiger partial charge in [-0.3, -0.25) is 9.36 Å². The number of hydrogen-bond acceptors (Lipinski definition) is 6. The number of imidazole rings is 1. The second-order valence-corrected chi connectivity index (χ2v) is 4.26. The Morgan fingerprint density at radius 3 is 2.89 bits per heavy atom. The lowest BCUT2D eigenvalue weighted by molar-refractivity contribution is -0.0409. The number of aromatic nitrogens is 4. The van der Waals surface area contributed by atoms with Crippen molar-refractivity contribution in [2.45, 2.75) is 24.5 Å². The molecule has 1 aliphatic heterocycles. The summed E-state index contributed by atoms with van der Waals surface area (Å²) in [5.41, 5.74) is -0.158. The molecule has 4 atom stereocenters. The van der Waals surface area contributed by atoms with Crippen LogP contribution in [-0.2, 0) is 4.74 Å². The molecule has 0 aliphatic carbocycles. The molecule has 3 N–H and O–H groups in total. The summed E-state index contributed by atoms with van der Waals surface area (Å²) in [5.74, 6) is 0. The molecule has 19 heavy (non-hydrogen) atoms. The van der Waals surface area contributed by atoms with Gasteiger partial charge in [0, 0.05) is 0 Å². The molecular weight excluding hydrogens is 259 g/mol. The van der Waals surface area contributed by atoms with E-state index in [1.165, 1.54) is 17.2 Å². The zero-order valence-corrected chi connectivity index (χ0v) is 9.60. The lowest BCUT2D eigenvalue weighted by Crippen LogP contribution is -2.32. The van der Waals surface area contributed by atoms with Gasteiger partial charge < -0.3 is 19.9 Å². The van der Waals surface area contributed by atoms with Gasteiger partial charge in [-0.25, -0.2) is 14.4 Å². The summed E-state index contributed by atoms with van der Waals surface area (Å²) >= 11 is 0. The van der Waals surface area contributed by atoms with E-state index in [0.717, 1.165) is 0 Å². The number of fused-ring (bicyclic) bond motifs is 1. The van der Waals surface area contributed by atoms with Gasteiger partial charge in [0.1, 0.15) is 25.0 Å².